The number of carboxylic acid groups (broad SMARTS) is 1. The maximum Gasteiger partial charge on any atom is 0.306 e. The molecule has 0 aliphatic rings. The molecule has 2 unspecified atom stereocenters. The van der Waals surface area contributed by atoms with E-state index >= 15 is 0 Å². The Balaban J connectivity index is 3.95. The van der Waals surface area contributed by atoms with Crippen LogP contribution in [0.1, 0.15) is 418 Å². The molecule has 0 radical (unpaired) electrons. The van der Waals surface area contributed by atoms with E-state index in [1.807, 2.05) is 21.1 Å². The Morgan fingerprint density at radius 1 is 0.316 bits per heavy atom. The number of esters is 2. The molecule has 0 heterocycles. The topological polar surface area (TPSA) is 111 Å². The molecule has 0 amide bonds. The van der Waals surface area contributed by atoms with Gasteiger partial charge in [-0.2, -0.15) is 0 Å². The van der Waals surface area contributed by atoms with Crippen LogP contribution in [0.15, 0.2) is 72.9 Å². The lowest BCUT2D eigenvalue weighted by molar-refractivity contribution is -0.870. The zero-order chi connectivity index (χ0) is 71.1. The highest BCUT2D eigenvalue weighted by molar-refractivity contribution is 5.70. The number of allylic oxidation sites excluding steroid dienone is 12. The fourth-order valence-corrected chi connectivity index (χ4v) is 12.8. The number of aliphatic carboxylic acids is 1. The minimum Gasteiger partial charge on any atom is -0.545 e. The van der Waals surface area contributed by atoms with E-state index in [9.17, 15) is 19.5 Å². The minimum absolute atomic E-state index is 0.149. The highest BCUT2D eigenvalue weighted by Gasteiger charge is 2.22. The molecule has 0 rings (SSSR count). The van der Waals surface area contributed by atoms with Gasteiger partial charge in [-0.05, 0) is 64.2 Å². The summed E-state index contributed by atoms with van der Waals surface area (Å²) in [5, 5.41) is 11.9. The smallest absolute Gasteiger partial charge is 0.306 e. The molecule has 0 bridgehead atoms. The summed E-state index contributed by atoms with van der Waals surface area (Å²) >= 11 is 0. The van der Waals surface area contributed by atoms with Crippen LogP contribution in [0.5, 0.6) is 0 Å². The normalized spacial score (nSPS) is 12.9. The fourth-order valence-electron chi connectivity index (χ4n) is 12.8. The van der Waals surface area contributed by atoms with Gasteiger partial charge < -0.3 is 33.3 Å². The molecule has 0 saturated carbocycles. The van der Waals surface area contributed by atoms with Crippen LogP contribution in [0.4, 0.5) is 0 Å². The zero-order valence-corrected chi connectivity index (χ0v) is 65.7. The van der Waals surface area contributed by atoms with Gasteiger partial charge >= 0.3 is 11.9 Å². The van der Waals surface area contributed by atoms with Crippen molar-refractivity contribution < 1.29 is 42.9 Å². The van der Waals surface area contributed by atoms with Gasteiger partial charge in [0, 0.05) is 12.8 Å². The molecule has 0 N–H and O–H groups in total. The van der Waals surface area contributed by atoms with Gasteiger partial charge in [0.05, 0.1) is 40.3 Å². The Morgan fingerprint density at radius 3 is 0.867 bits per heavy atom. The van der Waals surface area contributed by atoms with Crippen LogP contribution in [0, 0.1) is 0 Å². The van der Waals surface area contributed by atoms with E-state index in [1.54, 1.807) is 0 Å². The zero-order valence-electron chi connectivity index (χ0n) is 65.7. The lowest BCUT2D eigenvalue weighted by atomic mass is 10.0. The maximum atomic E-state index is 13.0. The standard InChI is InChI=1S/C89H163NO8/c1-6-8-10-12-14-16-18-20-22-24-26-28-30-32-34-36-38-40-42-44-46-48-50-52-54-56-58-60-62-64-66-68-70-72-74-76-78-80-87(92)98-85(84-97-89(88(93)94)95-82-81-90(3,4)5)83-96-86(91)79-77-75-73-71-69-67-65-63-61-59-57-55-53-51-49-47-45-43-41-39-37-35-33-31-29-27-25-23-21-19-17-15-13-11-9-7-2/h8,10,14,16,20,22,26,28,32,34,38,40,85,89H,6-7,9,11-13,15,17-19,21,23-25,27,29-31,33,35-37,39,41-84H2,1-5H3/b10-8-,16-14-,22-20-,28-26-,34-32-,40-38-. The van der Waals surface area contributed by atoms with Gasteiger partial charge in [0.1, 0.15) is 13.2 Å². The second-order valence-electron chi connectivity index (χ2n) is 30.1. The van der Waals surface area contributed by atoms with Crippen molar-refractivity contribution in [2.24, 2.45) is 0 Å². The van der Waals surface area contributed by atoms with Gasteiger partial charge in [-0.15, -0.1) is 0 Å². The molecule has 0 fully saturated rings. The van der Waals surface area contributed by atoms with Crippen molar-refractivity contribution in [1.29, 1.82) is 0 Å². The number of likely N-dealkylation sites (N-methyl/N-ethyl adjacent to an activating group) is 1. The summed E-state index contributed by atoms with van der Waals surface area (Å²) < 4.78 is 22.9. The van der Waals surface area contributed by atoms with Gasteiger partial charge in [-0.1, -0.05) is 414 Å². The number of unbranched alkanes of at least 4 members (excludes halogenated alkanes) is 53. The molecule has 98 heavy (non-hydrogen) atoms. The molecule has 0 spiro atoms. The van der Waals surface area contributed by atoms with Gasteiger partial charge in [0.2, 0.25) is 0 Å². The van der Waals surface area contributed by atoms with Gasteiger partial charge in [-0.25, -0.2) is 0 Å². The van der Waals surface area contributed by atoms with Crippen molar-refractivity contribution >= 4 is 17.9 Å². The van der Waals surface area contributed by atoms with Gasteiger partial charge in [0.25, 0.3) is 0 Å². The van der Waals surface area contributed by atoms with E-state index in [0.29, 0.717) is 23.9 Å². The SMILES string of the molecule is CC/C=C\C/C=C\C/C=C\C/C=C\C/C=C\C/C=C\CCCCCCCCCCCCCCCCCCCCC(=O)OC(COC(=O)CCCCCCCCCCCCCCCCCCCCCCCCCCCCCCCCCCCCCC)COC(OCC[N+](C)(C)C)C(=O)[O-]. The number of carbonyl (C=O) groups excluding carboxylic acids is 3. The van der Waals surface area contributed by atoms with Gasteiger partial charge in [-0.3, -0.25) is 9.59 Å². The molecule has 0 aromatic carbocycles. The summed E-state index contributed by atoms with van der Waals surface area (Å²) in [5.74, 6) is -2.25. The highest BCUT2D eigenvalue weighted by atomic mass is 16.7. The molecule has 0 aromatic rings. The first-order valence-electron chi connectivity index (χ1n) is 42.6. The Morgan fingerprint density at radius 2 is 0.582 bits per heavy atom. The summed E-state index contributed by atoms with van der Waals surface area (Å²) in [4.78, 5) is 37.7. The Labute approximate surface area is 608 Å². The summed E-state index contributed by atoms with van der Waals surface area (Å²) in [5.41, 5.74) is 0. The number of quaternary nitrogens is 1. The molecule has 2 atom stereocenters. The minimum atomic E-state index is -1.62. The van der Waals surface area contributed by atoms with E-state index in [4.69, 9.17) is 18.9 Å². The van der Waals surface area contributed by atoms with Crippen LogP contribution in [0.2, 0.25) is 0 Å². The van der Waals surface area contributed by atoms with Crippen LogP contribution in [-0.2, 0) is 33.3 Å². The number of hydrogen-bond donors (Lipinski definition) is 0. The maximum absolute atomic E-state index is 13.0. The summed E-state index contributed by atoms with van der Waals surface area (Å²) in [7, 11) is 5.95. The second-order valence-corrected chi connectivity index (χ2v) is 30.1. The predicted octanol–water partition coefficient (Wildman–Crippen LogP) is 26.2. The van der Waals surface area contributed by atoms with E-state index in [0.717, 1.165) is 70.6 Å². The lowest BCUT2D eigenvalue weighted by Crippen LogP contribution is -2.44. The molecule has 572 valence electrons. The van der Waals surface area contributed by atoms with Crippen molar-refractivity contribution in [3.63, 3.8) is 0 Å². The third-order valence-corrected chi connectivity index (χ3v) is 19.2. The van der Waals surface area contributed by atoms with Crippen LogP contribution in [0.25, 0.3) is 0 Å². The highest BCUT2D eigenvalue weighted by Crippen LogP contribution is 2.20. The summed E-state index contributed by atoms with van der Waals surface area (Å²) in [6.07, 6.45) is 105. The molecular formula is C89H163NO8. The molecule has 0 aliphatic carbocycles. The number of carboxylic acids is 1. The average molecular weight is 1380 g/mol. The summed E-state index contributed by atoms with van der Waals surface area (Å²) in [6, 6.07) is 0. The van der Waals surface area contributed by atoms with E-state index in [2.05, 4.69) is 86.8 Å². The van der Waals surface area contributed by atoms with Crippen molar-refractivity contribution in [1.82, 2.24) is 0 Å². The molecule has 0 aromatic heterocycles. The monoisotopic (exact) mass is 1370 g/mol. The van der Waals surface area contributed by atoms with E-state index in [-0.39, 0.29) is 32.2 Å². The molecule has 0 aliphatic heterocycles. The third kappa shape index (κ3) is 80.0. The van der Waals surface area contributed by atoms with Crippen LogP contribution < -0.4 is 5.11 Å². The van der Waals surface area contributed by atoms with E-state index < -0.39 is 24.3 Å². The van der Waals surface area contributed by atoms with Crippen LogP contribution >= 0.6 is 0 Å². The van der Waals surface area contributed by atoms with Crippen LogP contribution in [-0.4, -0.2) is 82.3 Å². The first kappa shape index (κ1) is 94.7. The summed E-state index contributed by atoms with van der Waals surface area (Å²) in [6.45, 7) is 4.71. The molecule has 0 saturated heterocycles. The Kier molecular flexibility index (Phi) is 76.8. The first-order valence-corrected chi connectivity index (χ1v) is 42.6. The Bertz CT molecular complexity index is 1850. The Hall–Kier alpha value is -3.27. The van der Waals surface area contributed by atoms with Crippen molar-refractivity contribution in [2.75, 3.05) is 47.5 Å². The third-order valence-electron chi connectivity index (χ3n) is 19.2. The van der Waals surface area contributed by atoms with Crippen LogP contribution in [0.3, 0.4) is 0 Å². The van der Waals surface area contributed by atoms with Gasteiger partial charge in [0.15, 0.2) is 12.4 Å². The quantitative estimate of drug-likeness (QED) is 0.0195. The lowest BCUT2D eigenvalue weighted by Gasteiger charge is -2.26. The van der Waals surface area contributed by atoms with Crippen molar-refractivity contribution in [3.05, 3.63) is 72.9 Å². The van der Waals surface area contributed by atoms with E-state index in [1.165, 1.54) is 315 Å². The largest absolute Gasteiger partial charge is 0.545 e. The average Bonchev–Trinajstić information content (AvgIpc) is 1.26. The number of hydrogen-bond acceptors (Lipinski definition) is 8. The predicted molar refractivity (Wildman–Crippen MR) is 421 cm³/mol. The number of rotatable bonds is 80. The second kappa shape index (κ2) is 79.4. The van der Waals surface area contributed by atoms with Crippen molar-refractivity contribution in [2.45, 2.75) is 431 Å². The fraction of sp³-hybridized carbons (Fsp3) is 0.831. The molecule has 9 heteroatoms. The molecule has 9 nitrogen and oxygen atoms in total. The number of carbonyl (C=O) groups is 3. The number of nitrogens with zero attached hydrogens (tertiary/aromatic N) is 1. The van der Waals surface area contributed by atoms with Crippen molar-refractivity contribution in [3.8, 4) is 0 Å². The number of ether oxygens (including phenoxy) is 4. The first-order chi connectivity index (χ1) is 48.1. The molecular weight excluding hydrogens is 1210 g/mol.